The first-order valence-corrected chi connectivity index (χ1v) is 7.40. The van der Waals surface area contributed by atoms with E-state index in [1.165, 1.54) is 0 Å². The molecule has 0 spiro atoms. The Bertz CT molecular complexity index is 621. The van der Waals surface area contributed by atoms with E-state index in [2.05, 4.69) is 5.32 Å². The van der Waals surface area contributed by atoms with Crippen LogP contribution >= 0.6 is 0 Å². The molecule has 1 aliphatic carbocycles. The molecule has 4 heteroatoms. The highest BCUT2D eigenvalue weighted by Crippen LogP contribution is 2.41. The minimum Gasteiger partial charge on any atom is -0.445 e. The van der Waals surface area contributed by atoms with Crippen molar-refractivity contribution >= 4 is 6.09 Å². The van der Waals surface area contributed by atoms with Gasteiger partial charge < -0.3 is 15.2 Å². The molecule has 2 N–H and O–H groups in total. The summed E-state index contributed by atoms with van der Waals surface area (Å²) in [6.45, 7) is 0.236. The second-order valence-electron chi connectivity index (χ2n) is 5.70. The molecule has 0 heterocycles. The Morgan fingerprint density at radius 3 is 2.27 bits per heavy atom. The zero-order chi connectivity index (χ0) is 15.4. The average molecular weight is 297 g/mol. The first kappa shape index (κ1) is 14.6. The van der Waals surface area contributed by atoms with Gasteiger partial charge in [-0.05, 0) is 11.1 Å². The van der Waals surface area contributed by atoms with Gasteiger partial charge in [0.2, 0.25) is 0 Å². The Kier molecular flexibility index (Phi) is 4.11. The summed E-state index contributed by atoms with van der Waals surface area (Å²) in [6.07, 6.45) is 0.184. The average Bonchev–Trinajstić information content (AvgIpc) is 2.53. The summed E-state index contributed by atoms with van der Waals surface area (Å²) in [7, 11) is 0. The molecule has 3 rings (SSSR count). The van der Waals surface area contributed by atoms with Crippen molar-refractivity contribution in [2.45, 2.75) is 31.1 Å². The Morgan fingerprint density at radius 1 is 1.09 bits per heavy atom. The van der Waals surface area contributed by atoms with Gasteiger partial charge >= 0.3 is 6.09 Å². The number of nitrogens with one attached hydrogen (secondary N) is 1. The van der Waals surface area contributed by atoms with Gasteiger partial charge in [0.1, 0.15) is 6.61 Å². The highest BCUT2D eigenvalue weighted by Gasteiger charge is 2.46. The van der Waals surface area contributed by atoms with Crippen LogP contribution in [0.15, 0.2) is 60.7 Å². The number of benzene rings is 2. The molecule has 0 bridgehead atoms. The molecular weight excluding hydrogens is 278 g/mol. The number of hydrogen-bond acceptors (Lipinski definition) is 3. The van der Waals surface area contributed by atoms with Crippen LogP contribution in [0, 0.1) is 0 Å². The summed E-state index contributed by atoms with van der Waals surface area (Å²) in [5, 5.41) is 12.6. The summed E-state index contributed by atoms with van der Waals surface area (Å²) in [4.78, 5) is 12.1. The van der Waals surface area contributed by atoms with E-state index in [1.807, 2.05) is 60.7 Å². The summed E-state index contributed by atoms with van der Waals surface area (Å²) in [5.41, 5.74) is 1.42. The zero-order valence-electron chi connectivity index (χ0n) is 12.2. The standard InChI is InChI=1S/C18H19NO3/c20-16-11-18(12-16,15-9-5-2-6-10-15)19-17(21)22-13-14-7-3-1-4-8-14/h1-10,16,20H,11-13H2,(H,19,21). The van der Waals surface area contributed by atoms with Crippen molar-refractivity contribution in [1.29, 1.82) is 0 Å². The van der Waals surface area contributed by atoms with Crippen LogP contribution in [-0.2, 0) is 16.9 Å². The molecule has 1 saturated carbocycles. The summed E-state index contributed by atoms with van der Waals surface area (Å²) in [6, 6.07) is 19.3. The normalized spacial score (nSPS) is 23.4. The molecule has 0 radical (unpaired) electrons. The van der Waals surface area contributed by atoms with Crippen molar-refractivity contribution in [2.24, 2.45) is 0 Å². The van der Waals surface area contributed by atoms with Crippen LogP contribution in [0.1, 0.15) is 24.0 Å². The van der Waals surface area contributed by atoms with Gasteiger partial charge in [0.25, 0.3) is 0 Å². The van der Waals surface area contributed by atoms with Crippen LogP contribution in [0.4, 0.5) is 4.79 Å². The van der Waals surface area contributed by atoms with Crippen molar-refractivity contribution in [3.05, 3.63) is 71.8 Å². The molecule has 0 atom stereocenters. The number of amides is 1. The number of alkyl carbamates (subject to hydrolysis) is 1. The molecule has 0 saturated heterocycles. The molecule has 1 amide bonds. The number of carbonyl (C=O) groups is 1. The monoisotopic (exact) mass is 297 g/mol. The second-order valence-corrected chi connectivity index (χ2v) is 5.70. The van der Waals surface area contributed by atoms with Gasteiger partial charge in [-0.3, -0.25) is 0 Å². The summed E-state index contributed by atoms with van der Waals surface area (Å²) in [5.74, 6) is 0. The molecule has 2 aromatic carbocycles. The number of ether oxygens (including phenoxy) is 1. The van der Waals surface area contributed by atoms with E-state index in [9.17, 15) is 9.90 Å². The van der Waals surface area contributed by atoms with Crippen LogP contribution in [0.25, 0.3) is 0 Å². The molecule has 0 aromatic heterocycles. The van der Waals surface area contributed by atoms with Crippen LogP contribution < -0.4 is 5.32 Å². The zero-order valence-corrected chi connectivity index (χ0v) is 12.2. The Hall–Kier alpha value is -2.33. The fourth-order valence-corrected chi connectivity index (χ4v) is 2.87. The molecule has 114 valence electrons. The summed E-state index contributed by atoms with van der Waals surface area (Å²) < 4.78 is 5.28. The first-order valence-electron chi connectivity index (χ1n) is 7.40. The van der Waals surface area contributed by atoms with Gasteiger partial charge in [-0.1, -0.05) is 60.7 Å². The third kappa shape index (κ3) is 3.12. The molecule has 2 aromatic rings. The largest absolute Gasteiger partial charge is 0.445 e. The first-order chi connectivity index (χ1) is 10.7. The minimum atomic E-state index is -0.519. The van der Waals surface area contributed by atoms with Crippen LogP contribution in [0.5, 0.6) is 0 Å². The number of rotatable bonds is 4. The molecule has 0 aliphatic heterocycles. The fraction of sp³-hybridized carbons (Fsp3) is 0.278. The third-order valence-corrected chi connectivity index (χ3v) is 4.05. The molecular formula is C18H19NO3. The highest BCUT2D eigenvalue weighted by atomic mass is 16.5. The van der Waals surface area contributed by atoms with Crippen LogP contribution in [0.2, 0.25) is 0 Å². The maximum atomic E-state index is 12.1. The lowest BCUT2D eigenvalue weighted by Crippen LogP contribution is -2.56. The van der Waals surface area contributed by atoms with Crippen molar-refractivity contribution in [3.8, 4) is 0 Å². The smallest absolute Gasteiger partial charge is 0.408 e. The fourth-order valence-electron chi connectivity index (χ4n) is 2.87. The maximum Gasteiger partial charge on any atom is 0.408 e. The lowest BCUT2D eigenvalue weighted by Gasteiger charge is -2.45. The minimum absolute atomic E-state index is 0.236. The highest BCUT2D eigenvalue weighted by molar-refractivity contribution is 5.69. The van der Waals surface area contributed by atoms with E-state index in [0.29, 0.717) is 12.8 Å². The van der Waals surface area contributed by atoms with E-state index in [4.69, 9.17) is 4.74 Å². The lowest BCUT2D eigenvalue weighted by molar-refractivity contribution is -0.00208. The van der Waals surface area contributed by atoms with Gasteiger partial charge in [-0.2, -0.15) is 0 Å². The second kappa shape index (κ2) is 6.20. The Labute approximate surface area is 129 Å². The van der Waals surface area contributed by atoms with Crippen molar-refractivity contribution in [1.82, 2.24) is 5.32 Å². The van der Waals surface area contributed by atoms with E-state index >= 15 is 0 Å². The number of aliphatic hydroxyl groups is 1. The van der Waals surface area contributed by atoms with Gasteiger partial charge in [-0.15, -0.1) is 0 Å². The number of hydrogen-bond donors (Lipinski definition) is 2. The van der Waals surface area contributed by atoms with Crippen molar-refractivity contribution < 1.29 is 14.6 Å². The third-order valence-electron chi connectivity index (χ3n) is 4.05. The van der Waals surface area contributed by atoms with E-state index < -0.39 is 11.6 Å². The van der Waals surface area contributed by atoms with E-state index in [1.54, 1.807) is 0 Å². The van der Waals surface area contributed by atoms with E-state index in [0.717, 1.165) is 11.1 Å². The van der Waals surface area contributed by atoms with Crippen molar-refractivity contribution in [2.75, 3.05) is 0 Å². The van der Waals surface area contributed by atoms with E-state index in [-0.39, 0.29) is 12.7 Å². The Morgan fingerprint density at radius 2 is 1.68 bits per heavy atom. The van der Waals surface area contributed by atoms with Gasteiger partial charge in [0.15, 0.2) is 0 Å². The number of carbonyl (C=O) groups excluding carboxylic acids is 1. The van der Waals surface area contributed by atoms with Gasteiger partial charge in [0.05, 0.1) is 11.6 Å². The number of aliphatic hydroxyl groups excluding tert-OH is 1. The van der Waals surface area contributed by atoms with Gasteiger partial charge in [0, 0.05) is 12.8 Å². The molecule has 1 aliphatic rings. The molecule has 22 heavy (non-hydrogen) atoms. The molecule has 0 unspecified atom stereocenters. The Balaban J connectivity index is 1.63. The topological polar surface area (TPSA) is 58.6 Å². The van der Waals surface area contributed by atoms with Crippen LogP contribution in [-0.4, -0.2) is 17.3 Å². The van der Waals surface area contributed by atoms with Gasteiger partial charge in [-0.25, -0.2) is 4.79 Å². The molecule has 1 fully saturated rings. The van der Waals surface area contributed by atoms with Crippen molar-refractivity contribution in [3.63, 3.8) is 0 Å². The quantitative estimate of drug-likeness (QED) is 0.912. The van der Waals surface area contributed by atoms with Crippen LogP contribution in [0.3, 0.4) is 0 Å². The SMILES string of the molecule is O=C(NC1(c2ccccc2)CC(O)C1)OCc1ccccc1. The lowest BCUT2D eigenvalue weighted by atomic mass is 9.70. The predicted molar refractivity (Wildman–Crippen MR) is 83.1 cm³/mol. The maximum absolute atomic E-state index is 12.1. The summed E-state index contributed by atoms with van der Waals surface area (Å²) >= 11 is 0. The predicted octanol–water partition coefficient (Wildman–Crippen LogP) is 2.96. The molecule has 4 nitrogen and oxygen atoms in total.